The van der Waals surface area contributed by atoms with Gasteiger partial charge in [0.05, 0.1) is 6.54 Å². The minimum atomic E-state index is -0.336. The van der Waals surface area contributed by atoms with Gasteiger partial charge in [0.25, 0.3) is 0 Å². The lowest BCUT2D eigenvalue weighted by atomic mass is 10.1. The molecule has 0 unspecified atom stereocenters. The summed E-state index contributed by atoms with van der Waals surface area (Å²) in [6.07, 6.45) is 4.66. The number of halogens is 1. The van der Waals surface area contributed by atoms with E-state index >= 15 is 0 Å². The molecule has 7 heteroatoms. The first kappa shape index (κ1) is 19.0. The molecule has 1 saturated heterocycles. The van der Waals surface area contributed by atoms with Gasteiger partial charge in [0.15, 0.2) is 0 Å². The second-order valence-corrected chi connectivity index (χ2v) is 6.57. The molecule has 2 amide bonds. The van der Waals surface area contributed by atoms with Gasteiger partial charge < -0.3 is 10.2 Å². The van der Waals surface area contributed by atoms with Gasteiger partial charge in [0.1, 0.15) is 5.82 Å². The van der Waals surface area contributed by atoms with Gasteiger partial charge in [-0.3, -0.25) is 19.5 Å². The molecule has 0 bridgehead atoms. The molecular formula is C20H23FN4O2. The molecule has 142 valence electrons. The topological polar surface area (TPSA) is 65.5 Å². The second-order valence-electron chi connectivity index (χ2n) is 6.57. The molecule has 0 aliphatic carbocycles. The minimum absolute atomic E-state index is 0.134. The predicted molar refractivity (Wildman–Crippen MR) is 101 cm³/mol. The maximum absolute atomic E-state index is 12.9. The monoisotopic (exact) mass is 370 g/mol. The van der Waals surface area contributed by atoms with Gasteiger partial charge in [0, 0.05) is 50.7 Å². The van der Waals surface area contributed by atoms with Gasteiger partial charge in [-0.1, -0.05) is 6.07 Å². The number of anilines is 1. The zero-order valence-electron chi connectivity index (χ0n) is 15.1. The maximum Gasteiger partial charge on any atom is 0.238 e. The highest BCUT2D eigenvalue weighted by Crippen LogP contribution is 2.10. The van der Waals surface area contributed by atoms with Gasteiger partial charge in [0.2, 0.25) is 11.8 Å². The molecule has 3 rings (SSSR count). The Morgan fingerprint density at radius 3 is 2.48 bits per heavy atom. The molecule has 2 aromatic rings. The van der Waals surface area contributed by atoms with Crippen LogP contribution >= 0.6 is 0 Å². The summed E-state index contributed by atoms with van der Waals surface area (Å²) in [4.78, 5) is 32.4. The molecule has 0 radical (unpaired) electrons. The van der Waals surface area contributed by atoms with Crippen LogP contribution in [-0.4, -0.2) is 59.3 Å². The highest BCUT2D eigenvalue weighted by atomic mass is 19.1. The summed E-state index contributed by atoms with van der Waals surface area (Å²) in [6, 6.07) is 9.53. The number of amides is 2. The molecule has 1 aliphatic heterocycles. The van der Waals surface area contributed by atoms with E-state index in [-0.39, 0.29) is 24.2 Å². The molecule has 1 N–H and O–H groups in total. The van der Waals surface area contributed by atoms with Crippen molar-refractivity contribution in [3.05, 3.63) is 60.2 Å². The number of piperazine rings is 1. The molecule has 1 fully saturated rings. The summed E-state index contributed by atoms with van der Waals surface area (Å²) >= 11 is 0. The van der Waals surface area contributed by atoms with Crippen LogP contribution in [0, 0.1) is 5.82 Å². The van der Waals surface area contributed by atoms with E-state index in [9.17, 15) is 14.0 Å². The lowest BCUT2D eigenvalue weighted by Gasteiger charge is -2.34. The van der Waals surface area contributed by atoms with Crippen molar-refractivity contribution in [1.82, 2.24) is 14.8 Å². The summed E-state index contributed by atoms with van der Waals surface area (Å²) in [6.45, 7) is 2.82. The fourth-order valence-corrected chi connectivity index (χ4v) is 3.05. The Labute approximate surface area is 158 Å². The number of hydrogen-bond donors (Lipinski definition) is 1. The fraction of sp³-hybridized carbons (Fsp3) is 0.350. The SMILES string of the molecule is O=C(CN1CCN(C(=O)CCc2cccnc2)CC1)Nc1ccc(F)cc1. The van der Waals surface area contributed by atoms with Crippen LogP contribution in [0.4, 0.5) is 10.1 Å². The quantitative estimate of drug-likeness (QED) is 0.844. The van der Waals surface area contributed by atoms with Crippen molar-refractivity contribution in [3.8, 4) is 0 Å². The second kappa shape index (κ2) is 9.23. The largest absolute Gasteiger partial charge is 0.340 e. The third-order valence-corrected chi connectivity index (χ3v) is 4.57. The van der Waals surface area contributed by atoms with Crippen molar-refractivity contribution in [1.29, 1.82) is 0 Å². The standard InChI is InChI=1S/C20H23FN4O2/c21-17-4-6-18(7-5-17)23-19(26)15-24-10-12-25(13-11-24)20(27)8-3-16-2-1-9-22-14-16/h1-2,4-7,9,14H,3,8,10-13,15H2,(H,23,26). The molecule has 0 spiro atoms. The average molecular weight is 370 g/mol. The van der Waals surface area contributed by atoms with Gasteiger partial charge >= 0.3 is 0 Å². The number of pyridine rings is 1. The van der Waals surface area contributed by atoms with Crippen molar-refractivity contribution in [2.75, 3.05) is 38.0 Å². The summed E-state index contributed by atoms with van der Waals surface area (Å²) < 4.78 is 12.9. The van der Waals surface area contributed by atoms with E-state index in [4.69, 9.17) is 0 Å². The molecule has 0 atom stereocenters. The maximum atomic E-state index is 12.9. The van der Waals surface area contributed by atoms with Crippen molar-refractivity contribution >= 4 is 17.5 Å². The van der Waals surface area contributed by atoms with E-state index in [1.165, 1.54) is 24.3 Å². The normalized spacial score (nSPS) is 14.8. The molecule has 1 aromatic heterocycles. The molecule has 27 heavy (non-hydrogen) atoms. The Morgan fingerprint density at radius 1 is 1.07 bits per heavy atom. The van der Waals surface area contributed by atoms with Gasteiger partial charge in [-0.25, -0.2) is 4.39 Å². The Balaban J connectivity index is 1.38. The number of nitrogens with zero attached hydrogens (tertiary/aromatic N) is 3. The van der Waals surface area contributed by atoms with E-state index in [1.807, 2.05) is 21.9 Å². The van der Waals surface area contributed by atoms with Crippen LogP contribution in [0.2, 0.25) is 0 Å². The molecule has 0 saturated carbocycles. The van der Waals surface area contributed by atoms with Crippen LogP contribution in [0.3, 0.4) is 0 Å². The Bertz CT molecular complexity index is 759. The Kier molecular flexibility index (Phi) is 6.49. The van der Waals surface area contributed by atoms with Gasteiger partial charge in [-0.15, -0.1) is 0 Å². The Hall–Kier alpha value is -2.80. The van der Waals surface area contributed by atoms with Gasteiger partial charge in [-0.05, 0) is 42.3 Å². The van der Waals surface area contributed by atoms with Crippen LogP contribution in [0.15, 0.2) is 48.8 Å². The summed E-state index contributed by atoms with van der Waals surface area (Å²) in [7, 11) is 0. The zero-order valence-corrected chi connectivity index (χ0v) is 15.1. The number of carbonyl (C=O) groups is 2. The number of aryl methyl sites for hydroxylation is 1. The molecule has 1 aliphatic rings. The fourth-order valence-electron chi connectivity index (χ4n) is 3.05. The lowest BCUT2D eigenvalue weighted by molar-refractivity contribution is -0.133. The third kappa shape index (κ3) is 5.86. The van der Waals surface area contributed by atoms with Crippen molar-refractivity contribution in [3.63, 3.8) is 0 Å². The zero-order chi connectivity index (χ0) is 19.1. The number of benzene rings is 1. The smallest absolute Gasteiger partial charge is 0.238 e. The number of aromatic nitrogens is 1. The highest BCUT2D eigenvalue weighted by molar-refractivity contribution is 5.92. The average Bonchev–Trinajstić information content (AvgIpc) is 2.69. The lowest BCUT2D eigenvalue weighted by Crippen LogP contribution is -2.50. The van der Waals surface area contributed by atoms with E-state index in [2.05, 4.69) is 10.3 Å². The number of carbonyl (C=O) groups excluding carboxylic acids is 2. The number of hydrogen-bond acceptors (Lipinski definition) is 4. The van der Waals surface area contributed by atoms with Crippen LogP contribution in [-0.2, 0) is 16.0 Å². The first-order valence-corrected chi connectivity index (χ1v) is 9.04. The van der Waals surface area contributed by atoms with Crippen LogP contribution in [0.5, 0.6) is 0 Å². The van der Waals surface area contributed by atoms with Crippen LogP contribution in [0.1, 0.15) is 12.0 Å². The van der Waals surface area contributed by atoms with Gasteiger partial charge in [-0.2, -0.15) is 0 Å². The summed E-state index contributed by atoms with van der Waals surface area (Å²) in [5, 5.41) is 2.76. The third-order valence-electron chi connectivity index (χ3n) is 4.57. The molecular weight excluding hydrogens is 347 g/mol. The van der Waals surface area contributed by atoms with Crippen molar-refractivity contribution in [2.24, 2.45) is 0 Å². The van der Waals surface area contributed by atoms with E-state index in [0.717, 1.165) is 5.56 Å². The minimum Gasteiger partial charge on any atom is -0.340 e. The first-order chi connectivity index (χ1) is 13.1. The van der Waals surface area contributed by atoms with Crippen LogP contribution < -0.4 is 5.32 Å². The van der Waals surface area contributed by atoms with E-state index in [0.29, 0.717) is 44.7 Å². The predicted octanol–water partition coefficient (Wildman–Crippen LogP) is 1.94. The summed E-state index contributed by atoms with van der Waals surface area (Å²) in [5.74, 6) is -0.343. The van der Waals surface area contributed by atoms with E-state index in [1.54, 1.807) is 12.4 Å². The van der Waals surface area contributed by atoms with E-state index < -0.39 is 0 Å². The first-order valence-electron chi connectivity index (χ1n) is 9.04. The number of rotatable bonds is 6. The molecule has 1 aromatic carbocycles. The van der Waals surface area contributed by atoms with Crippen LogP contribution in [0.25, 0.3) is 0 Å². The number of nitrogens with one attached hydrogen (secondary N) is 1. The van der Waals surface area contributed by atoms with Crippen molar-refractivity contribution in [2.45, 2.75) is 12.8 Å². The molecule has 2 heterocycles. The van der Waals surface area contributed by atoms with Crippen molar-refractivity contribution < 1.29 is 14.0 Å². The highest BCUT2D eigenvalue weighted by Gasteiger charge is 2.22. The molecule has 6 nitrogen and oxygen atoms in total. The summed E-state index contributed by atoms with van der Waals surface area (Å²) in [5.41, 5.74) is 1.63. The Morgan fingerprint density at radius 2 is 1.81 bits per heavy atom.